The highest BCUT2D eigenvalue weighted by molar-refractivity contribution is 5.76. The average Bonchev–Trinajstić information content (AvgIpc) is 3.12. The summed E-state index contributed by atoms with van der Waals surface area (Å²) in [7, 11) is 1.86. The summed E-state index contributed by atoms with van der Waals surface area (Å²) >= 11 is 0. The SMILES string of the molecule is CNC1([C@@H](C)c2ccc3[nH]ccc3n2)N=CC=C(Nc2cc([C@H]3C[C@H]3F)[nH]n2)N1. The smallest absolute Gasteiger partial charge is 0.193 e. The zero-order chi connectivity index (χ0) is 20.0. The van der Waals surface area contributed by atoms with Crippen LogP contribution in [0.25, 0.3) is 11.0 Å². The molecule has 1 aliphatic carbocycles. The van der Waals surface area contributed by atoms with Crippen LogP contribution in [0.15, 0.2) is 47.4 Å². The van der Waals surface area contributed by atoms with E-state index in [1.807, 2.05) is 43.6 Å². The molecule has 8 nitrogen and oxygen atoms in total. The number of alkyl halides is 1. The average molecular weight is 394 g/mol. The van der Waals surface area contributed by atoms with Gasteiger partial charge in [0.15, 0.2) is 11.6 Å². The van der Waals surface area contributed by atoms with E-state index in [4.69, 9.17) is 4.98 Å². The number of hydrogen-bond acceptors (Lipinski definition) is 6. The van der Waals surface area contributed by atoms with Crippen molar-refractivity contribution >= 4 is 23.1 Å². The monoisotopic (exact) mass is 394 g/mol. The van der Waals surface area contributed by atoms with Gasteiger partial charge >= 0.3 is 0 Å². The molecule has 0 aromatic carbocycles. The van der Waals surface area contributed by atoms with Crippen molar-refractivity contribution < 1.29 is 4.39 Å². The van der Waals surface area contributed by atoms with E-state index in [9.17, 15) is 4.39 Å². The number of rotatable bonds is 6. The molecular formula is C20H23FN8. The molecule has 1 aliphatic heterocycles. The van der Waals surface area contributed by atoms with Crippen molar-refractivity contribution in [2.45, 2.75) is 37.1 Å². The summed E-state index contributed by atoms with van der Waals surface area (Å²) in [5.41, 5.74) is 3.66. The van der Waals surface area contributed by atoms with Gasteiger partial charge in [-0.25, -0.2) is 9.38 Å². The van der Waals surface area contributed by atoms with Crippen LogP contribution >= 0.6 is 0 Å². The molecule has 9 heteroatoms. The van der Waals surface area contributed by atoms with Crippen LogP contribution in [0.3, 0.4) is 0 Å². The Bertz CT molecular complexity index is 1100. The highest BCUT2D eigenvalue weighted by atomic mass is 19.1. The summed E-state index contributed by atoms with van der Waals surface area (Å²) in [6.07, 6.45) is 5.28. The number of nitrogens with zero attached hydrogens (tertiary/aromatic N) is 3. The fourth-order valence-corrected chi connectivity index (χ4v) is 3.76. The molecule has 1 fully saturated rings. The van der Waals surface area contributed by atoms with Crippen LogP contribution in [-0.2, 0) is 0 Å². The third-order valence-electron chi connectivity index (χ3n) is 5.69. The lowest BCUT2D eigenvalue weighted by Crippen LogP contribution is -2.59. The predicted molar refractivity (Wildman–Crippen MR) is 110 cm³/mol. The van der Waals surface area contributed by atoms with Crippen LogP contribution < -0.4 is 16.0 Å². The molecule has 5 rings (SSSR count). The molecule has 4 atom stereocenters. The molecule has 0 spiro atoms. The van der Waals surface area contributed by atoms with Gasteiger partial charge in [0.2, 0.25) is 0 Å². The Morgan fingerprint density at radius 2 is 2.17 bits per heavy atom. The Morgan fingerprint density at radius 1 is 1.31 bits per heavy atom. The standard InChI is InChI=1S/C20H23FN8/c1-11(14-3-4-15-16(25-14)5-7-23-15)20(22-2)24-8-6-18(27-20)26-19-10-17(28-29-19)12-9-13(12)21/h3-8,10-13,22-23,27H,9H2,1-2H3,(H2,26,28,29)/t11-,12-,13+,20?/m0/s1. The van der Waals surface area contributed by atoms with Gasteiger partial charge < -0.3 is 15.6 Å². The lowest BCUT2D eigenvalue weighted by molar-refractivity contribution is 0.260. The van der Waals surface area contributed by atoms with Gasteiger partial charge in [-0.3, -0.25) is 15.4 Å². The molecule has 4 heterocycles. The quantitative estimate of drug-likeness (QED) is 0.442. The minimum Gasteiger partial charge on any atom is -0.360 e. The van der Waals surface area contributed by atoms with Gasteiger partial charge in [0.25, 0.3) is 0 Å². The summed E-state index contributed by atoms with van der Waals surface area (Å²) in [6, 6.07) is 7.85. The van der Waals surface area contributed by atoms with Crippen molar-refractivity contribution in [1.29, 1.82) is 0 Å². The van der Waals surface area contributed by atoms with Gasteiger partial charge in [0, 0.05) is 35.8 Å². The molecule has 5 N–H and O–H groups in total. The Hall–Kier alpha value is -3.20. The van der Waals surface area contributed by atoms with Crippen molar-refractivity contribution in [2.24, 2.45) is 4.99 Å². The lowest BCUT2D eigenvalue weighted by atomic mass is 9.97. The number of allylic oxidation sites excluding steroid dienone is 1. The third-order valence-corrected chi connectivity index (χ3v) is 5.69. The van der Waals surface area contributed by atoms with Gasteiger partial charge in [-0.1, -0.05) is 6.92 Å². The molecule has 0 radical (unpaired) electrons. The molecule has 1 saturated carbocycles. The Balaban J connectivity index is 1.35. The molecule has 1 unspecified atom stereocenters. The first-order valence-corrected chi connectivity index (χ1v) is 9.71. The lowest BCUT2D eigenvalue weighted by Gasteiger charge is -2.38. The van der Waals surface area contributed by atoms with E-state index in [-0.39, 0.29) is 11.8 Å². The molecular weight excluding hydrogens is 371 g/mol. The Labute approximate surface area is 167 Å². The highest BCUT2D eigenvalue weighted by Gasteiger charge is 2.40. The van der Waals surface area contributed by atoms with Gasteiger partial charge in [-0.15, -0.1) is 0 Å². The number of likely N-dealkylation sites (N-methyl/N-ethyl adjacent to an activating group) is 1. The second-order valence-corrected chi connectivity index (χ2v) is 7.56. The van der Waals surface area contributed by atoms with Crippen LogP contribution in [0.5, 0.6) is 0 Å². The largest absolute Gasteiger partial charge is 0.360 e. The number of anilines is 1. The summed E-state index contributed by atoms with van der Waals surface area (Å²) < 4.78 is 13.3. The van der Waals surface area contributed by atoms with Crippen molar-refractivity contribution in [3.8, 4) is 0 Å². The van der Waals surface area contributed by atoms with E-state index in [0.717, 1.165) is 28.2 Å². The fourth-order valence-electron chi connectivity index (χ4n) is 3.76. The van der Waals surface area contributed by atoms with Gasteiger partial charge in [0.05, 0.1) is 17.0 Å². The van der Waals surface area contributed by atoms with E-state index < -0.39 is 12.0 Å². The number of aromatic nitrogens is 4. The molecule has 0 amide bonds. The Morgan fingerprint density at radius 3 is 2.97 bits per heavy atom. The van der Waals surface area contributed by atoms with Crippen molar-refractivity contribution in [3.05, 3.63) is 53.7 Å². The van der Waals surface area contributed by atoms with Crippen LogP contribution in [0.1, 0.15) is 36.6 Å². The number of fused-ring (bicyclic) bond motifs is 1. The maximum atomic E-state index is 13.3. The Kier molecular flexibility index (Phi) is 4.13. The number of pyridine rings is 1. The number of hydrogen-bond donors (Lipinski definition) is 5. The summed E-state index contributed by atoms with van der Waals surface area (Å²) in [5, 5.41) is 17.1. The van der Waals surface area contributed by atoms with Crippen LogP contribution in [0.2, 0.25) is 0 Å². The first kappa shape index (κ1) is 17.9. The predicted octanol–water partition coefficient (Wildman–Crippen LogP) is 2.72. The van der Waals surface area contributed by atoms with Crippen LogP contribution in [0, 0.1) is 0 Å². The molecule has 150 valence electrons. The minimum atomic E-state index is -0.770. The van der Waals surface area contributed by atoms with E-state index in [1.54, 1.807) is 6.21 Å². The second kappa shape index (κ2) is 6.70. The minimum absolute atomic E-state index is 0.0567. The maximum Gasteiger partial charge on any atom is 0.193 e. The zero-order valence-corrected chi connectivity index (χ0v) is 16.2. The van der Waals surface area contributed by atoms with Gasteiger partial charge in [-0.2, -0.15) is 5.10 Å². The third kappa shape index (κ3) is 3.17. The second-order valence-electron chi connectivity index (χ2n) is 7.56. The van der Waals surface area contributed by atoms with Crippen molar-refractivity contribution in [3.63, 3.8) is 0 Å². The summed E-state index contributed by atoms with van der Waals surface area (Å²) in [4.78, 5) is 12.6. The summed E-state index contributed by atoms with van der Waals surface area (Å²) in [5.74, 6) is 0.487. The molecule has 29 heavy (non-hydrogen) atoms. The molecule has 2 aliphatic rings. The van der Waals surface area contributed by atoms with Crippen molar-refractivity contribution in [1.82, 2.24) is 30.8 Å². The normalized spacial score (nSPS) is 26.8. The first-order chi connectivity index (χ1) is 14.1. The number of aromatic amines is 2. The van der Waals surface area contributed by atoms with Crippen molar-refractivity contribution in [2.75, 3.05) is 12.4 Å². The molecule has 3 aromatic heterocycles. The van der Waals surface area contributed by atoms with E-state index >= 15 is 0 Å². The van der Waals surface area contributed by atoms with E-state index in [2.05, 4.69) is 43.0 Å². The van der Waals surface area contributed by atoms with E-state index in [1.165, 1.54) is 0 Å². The van der Waals surface area contributed by atoms with Gasteiger partial charge in [0.1, 0.15) is 12.0 Å². The number of H-pyrrole nitrogens is 2. The number of aliphatic imine (C=N–C) groups is 1. The number of nitrogens with one attached hydrogen (secondary N) is 5. The van der Waals surface area contributed by atoms with E-state index in [0.29, 0.717) is 12.2 Å². The zero-order valence-electron chi connectivity index (χ0n) is 16.2. The number of halogens is 1. The fraction of sp³-hybridized carbons (Fsp3) is 0.350. The topological polar surface area (TPSA) is 106 Å². The summed E-state index contributed by atoms with van der Waals surface area (Å²) in [6.45, 7) is 2.08. The molecule has 0 bridgehead atoms. The van der Waals surface area contributed by atoms with Crippen LogP contribution in [-0.4, -0.2) is 45.4 Å². The molecule has 3 aromatic rings. The van der Waals surface area contributed by atoms with Gasteiger partial charge in [-0.05, 0) is 37.7 Å². The first-order valence-electron chi connectivity index (χ1n) is 9.71. The highest BCUT2D eigenvalue weighted by Crippen LogP contribution is 2.43. The van der Waals surface area contributed by atoms with Crippen LogP contribution in [0.4, 0.5) is 10.2 Å². The molecule has 0 saturated heterocycles. The maximum absolute atomic E-state index is 13.3.